The monoisotopic (exact) mass is 230 g/mol. The number of anilines is 1. The van der Waals surface area contributed by atoms with Crippen molar-refractivity contribution >= 4 is 5.69 Å². The standard InChI is InChI=1S/C14H18N2O/c1-16(11-14-4-2-3-9-17-14)13-7-5-12(10-15)6-8-13/h5-8,14H,2-4,9,11H2,1H3. The molecule has 3 heteroatoms. The number of nitriles is 1. The van der Waals surface area contributed by atoms with Gasteiger partial charge in [0.1, 0.15) is 0 Å². The zero-order chi connectivity index (χ0) is 12.1. The van der Waals surface area contributed by atoms with Crippen LogP contribution in [-0.2, 0) is 4.74 Å². The zero-order valence-corrected chi connectivity index (χ0v) is 10.2. The lowest BCUT2D eigenvalue weighted by Gasteiger charge is -2.28. The van der Waals surface area contributed by atoms with Crippen molar-refractivity contribution in [3.8, 4) is 6.07 Å². The van der Waals surface area contributed by atoms with Gasteiger partial charge in [0.15, 0.2) is 0 Å². The van der Waals surface area contributed by atoms with Crippen LogP contribution in [-0.4, -0.2) is 26.3 Å². The summed E-state index contributed by atoms with van der Waals surface area (Å²) in [5, 5.41) is 8.74. The van der Waals surface area contributed by atoms with E-state index in [0.29, 0.717) is 11.7 Å². The SMILES string of the molecule is CN(CC1CCCCO1)c1ccc(C#N)cc1. The molecular formula is C14H18N2O. The van der Waals surface area contributed by atoms with Gasteiger partial charge in [0.05, 0.1) is 17.7 Å². The summed E-state index contributed by atoms with van der Waals surface area (Å²) in [7, 11) is 2.07. The molecule has 1 aromatic rings. The van der Waals surface area contributed by atoms with Gasteiger partial charge in [-0.05, 0) is 43.5 Å². The average Bonchev–Trinajstić information content (AvgIpc) is 2.40. The van der Waals surface area contributed by atoms with E-state index in [4.69, 9.17) is 10.00 Å². The van der Waals surface area contributed by atoms with Crippen molar-refractivity contribution in [1.82, 2.24) is 0 Å². The molecule has 0 bridgehead atoms. The third-order valence-electron chi connectivity index (χ3n) is 3.19. The van der Waals surface area contributed by atoms with Crippen molar-refractivity contribution in [2.75, 3.05) is 25.1 Å². The van der Waals surface area contributed by atoms with E-state index >= 15 is 0 Å². The Morgan fingerprint density at radius 2 is 2.12 bits per heavy atom. The van der Waals surface area contributed by atoms with Crippen molar-refractivity contribution in [2.24, 2.45) is 0 Å². The van der Waals surface area contributed by atoms with Gasteiger partial charge < -0.3 is 9.64 Å². The molecule has 1 heterocycles. The highest BCUT2D eigenvalue weighted by Gasteiger charge is 2.15. The molecule has 1 fully saturated rings. The lowest BCUT2D eigenvalue weighted by Crippen LogP contribution is -2.33. The van der Waals surface area contributed by atoms with E-state index in [1.54, 1.807) is 0 Å². The zero-order valence-electron chi connectivity index (χ0n) is 10.2. The maximum Gasteiger partial charge on any atom is 0.0991 e. The van der Waals surface area contributed by atoms with Gasteiger partial charge >= 0.3 is 0 Å². The topological polar surface area (TPSA) is 36.3 Å². The molecule has 1 unspecified atom stereocenters. The highest BCUT2D eigenvalue weighted by atomic mass is 16.5. The molecule has 90 valence electrons. The Bertz CT molecular complexity index is 388. The Hall–Kier alpha value is -1.53. The van der Waals surface area contributed by atoms with E-state index in [1.165, 1.54) is 12.8 Å². The Balaban J connectivity index is 1.94. The van der Waals surface area contributed by atoms with Crippen molar-refractivity contribution in [3.05, 3.63) is 29.8 Å². The largest absolute Gasteiger partial charge is 0.376 e. The maximum atomic E-state index is 8.74. The number of likely N-dealkylation sites (N-methyl/N-ethyl adjacent to an activating group) is 1. The van der Waals surface area contributed by atoms with Crippen molar-refractivity contribution in [1.29, 1.82) is 5.26 Å². The molecule has 0 aliphatic carbocycles. The molecule has 0 radical (unpaired) electrons. The van der Waals surface area contributed by atoms with Crippen LogP contribution >= 0.6 is 0 Å². The predicted molar refractivity (Wildman–Crippen MR) is 68.0 cm³/mol. The number of benzene rings is 1. The Labute approximate surface area is 103 Å². The molecule has 17 heavy (non-hydrogen) atoms. The second-order valence-electron chi connectivity index (χ2n) is 4.53. The second kappa shape index (κ2) is 5.70. The smallest absolute Gasteiger partial charge is 0.0991 e. The Morgan fingerprint density at radius 3 is 2.71 bits per heavy atom. The van der Waals surface area contributed by atoms with Gasteiger partial charge in [-0.2, -0.15) is 5.26 Å². The molecule has 0 aromatic heterocycles. The minimum Gasteiger partial charge on any atom is -0.376 e. The molecule has 3 nitrogen and oxygen atoms in total. The van der Waals surface area contributed by atoms with Crippen LogP contribution < -0.4 is 4.90 Å². The highest BCUT2D eigenvalue weighted by Crippen LogP contribution is 2.18. The number of hydrogen-bond donors (Lipinski definition) is 0. The summed E-state index contributed by atoms with van der Waals surface area (Å²) in [6.07, 6.45) is 3.97. The van der Waals surface area contributed by atoms with E-state index in [1.807, 2.05) is 24.3 Å². The molecule has 0 amide bonds. The molecule has 1 saturated heterocycles. The number of rotatable bonds is 3. The van der Waals surface area contributed by atoms with Crippen LogP contribution in [0.15, 0.2) is 24.3 Å². The summed E-state index contributed by atoms with van der Waals surface area (Å²) in [4.78, 5) is 2.19. The second-order valence-corrected chi connectivity index (χ2v) is 4.53. The quantitative estimate of drug-likeness (QED) is 0.800. The number of ether oxygens (including phenoxy) is 1. The summed E-state index contributed by atoms with van der Waals surface area (Å²) >= 11 is 0. The Kier molecular flexibility index (Phi) is 4.00. The molecule has 1 aliphatic heterocycles. The highest BCUT2D eigenvalue weighted by molar-refractivity contribution is 5.49. The van der Waals surface area contributed by atoms with Crippen molar-refractivity contribution < 1.29 is 4.74 Å². The molecule has 0 N–H and O–H groups in total. The summed E-state index contributed by atoms with van der Waals surface area (Å²) in [6, 6.07) is 9.82. The summed E-state index contributed by atoms with van der Waals surface area (Å²) in [5.41, 5.74) is 1.84. The summed E-state index contributed by atoms with van der Waals surface area (Å²) < 4.78 is 5.72. The van der Waals surface area contributed by atoms with E-state index in [0.717, 1.165) is 25.3 Å². The van der Waals surface area contributed by atoms with Crippen LogP contribution in [0.5, 0.6) is 0 Å². The van der Waals surface area contributed by atoms with Gasteiger partial charge in [0.2, 0.25) is 0 Å². The summed E-state index contributed by atoms with van der Waals surface area (Å²) in [5.74, 6) is 0. The first-order valence-electron chi connectivity index (χ1n) is 6.12. The van der Waals surface area contributed by atoms with Crippen molar-refractivity contribution in [3.63, 3.8) is 0 Å². The third kappa shape index (κ3) is 3.21. The third-order valence-corrected chi connectivity index (χ3v) is 3.19. The van der Waals surface area contributed by atoms with Gasteiger partial charge in [-0.3, -0.25) is 0 Å². The lowest BCUT2D eigenvalue weighted by molar-refractivity contribution is 0.0216. The molecule has 1 aromatic carbocycles. The van der Waals surface area contributed by atoms with E-state index in [-0.39, 0.29) is 0 Å². The fourth-order valence-corrected chi connectivity index (χ4v) is 2.15. The number of nitrogens with zero attached hydrogens (tertiary/aromatic N) is 2. The van der Waals surface area contributed by atoms with Crippen LogP contribution in [0.2, 0.25) is 0 Å². The van der Waals surface area contributed by atoms with Crippen LogP contribution in [0, 0.1) is 11.3 Å². The van der Waals surface area contributed by atoms with Crippen LogP contribution in [0.4, 0.5) is 5.69 Å². The van der Waals surface area contributed by atoms with Crippen molar-refractivity contribution in [2.45, 2.75) is 25.4 Å². The van der Waals surface area contributed by atoms with E-state index in [2.05, 4.69) is 18.0 Å². The first-order chi connectivity index (χ1) is 8.29. The first-order valence-corrected chi connectivity index (χ1v) is 6.12. The molecule has 0 saturated carbocycles. The van der Waals surface area contributed by atoms with E-state index in [9.17, 15) is 0 Å². The van der Waals surface area contributed by atoms with Gasteiger partial charge in [-0.1, -0.05) is 0 Å². The molecule has 0 spiro atoms. The lowest BCUT2D eigenvalue weighted by atomic mass is 10.1. The molecule has 1 atom stereocenters. The molecular weight excluding hydrogens is 212 g/mol. The Morgan fingerprint density at radius 1 is 1.35 bits per heavy atom. The van der Waals surface area contributed by atoms with Gasteiger partial charge in [0, 0.05) is 25.9 Å². The fraction of sp³-hybridized carbons (Fsp3) is 0.500. The molecule has 2 rings (SSSR count). The van der Waals surface area contributed by atoms with Crippen LogP contribution in [0.3, 0.4) is 0 Å². The number of hydrogen-bond acceptors (Lipinski definition) is 3. The summed E-state index contributed by atoms with van der Waals surface area (Å²) in [6.45, 7) is 1.82. The van der Waals surface area contributed by atoms with Crippen LogP contribution in [0.1, 0.15) is 24.8 Å². The predicted octanol–water partition coefficient (Wildman–Crippen LogP) is 2.56. The first kappa shape index (κ1) is 11.9. The van der Waals surface area contributed by atoms with Gasteiger partial charge in [-0.15, -0.1) is 0 Å². The average molecular weight is 230 g/mol. The minimum absolute atomic E-state index is 0.351. The fourth-order valence-electron chi connectivity index (χ4n) is 2.15. The van der Waals surface area contributed by atoms with Gasteiger partial charge in [-0.25, -0.2) is 0 Å². The minimum atomic E-state index is 0.351. The van der Waals surface area contributed by atoms with Crippen LogP contribution in [0.25, 0.3) is 0 Å². The maximum absolute atomic E-state index is 8.74. The van der Waals surface area contributed by atoms with E-state index < -0.39 is 0 Å². The van der Waals surface area contributed by atoms with Gasteiger partial charge in [0.25, 0.3) is 0 Å². The normalized spacial score (nSPS) is 19.6. The molecule has 1 aliphatic rings.